The molecule has 6 nitrogen and oxygen atoms in total. The van der Waals surface area contributed by atoms with Crippen molar-refractivity contribution in [2.75, 3.05) is 0 Å². The average Bonchev–Trinajstić information content (AvgIpc) is 3.40. The van der Waals surface area contributed by atoms with E-state index < -0.39 is 5.41 Å². The Morgan fingerprint density at radius 3 is 2.21 bits per heavy atom. The second-order valence-electron chi connectivity index (χ2n) is 11.5. The fourth-order valence-corrected chi connectivity index (χ4v) is 6.83. The predicted molar refractivity (Wildman–Crippen MR) is 171 cm³/mol. The number of hydrogen-bond acceptors (Lipinski definition) is 5. The Morgan fingerprint density at radius 2 is 1.35 bits per heavy atom. The first-order chi connectivity index (χ1) is 21.1. The third kappa shape index (κ3) is 3.29. The molecular formula is C37H25N5O. The number of pyridine rings is 2. The quantitative estimate of drug-likeness (QED) is 0.213. The minimum Gasteiger partial charge on any atom is -0.453 e. The largest absolute Gasteiger partial charge is 0.453 e. The molecule has 0 radical (unpaired) electrons. The second-order valence-corrected chi connectivity index (χ2v) is 11.5. The van der Waals surface area contributed by atoms with E-state index in [9.17, 15) is 0 Å². The zero-order chi connectivity index (χ0) is 28.7. The van der Waals surface area contributed by atoms with E-state index in [2.05, 4.69) is 66.9 Å². The van der Waals surface area contributed by atoms with Gasteiger partial charge in [-0.25, -0.2) is 15.0 Å². The van der Waals surface area contributed by atoms with Crippen molar-refractivity contribution in [2.24, 2.45) is 0 Å². The smallest absolute Gasteiger partial charge is 0.237 e. The van der Waals surface area contributed by atoms with Crippen LogP contribution >= 0.6 is 0 Å². The highest BCUT2D eigenvalue weighted by Gasteiger charge is 2.40. The van der Waals surface area contributed by atoms with E-state index in [1.165, 1.54) is 0 Å². The topological polar surface area (TPSA) is 65.7 Å². The molecule has 4 aromatic heterocycles. The second kappa shape index (κ2) is 8.69. The summed E-state index contributed by atoms with van der Waals surface area (Å²) in [5.41, 5.74) is 6.03. The molecule has 43 heavy (non-hydrogen) atoms. The van der Waals surface area contributed by atoms with Gasteiger partial charge in [-0.05, 0) is 55.0 Å². The van der Waals surface area contributed by atoms with Gasteiger partial charge in [-0.2, -0.15) is 0 Å². The van der Waals surface area contributed by atoms with E-state index >= 15 is 0 Å². The van der Waals surface area contributed by atoms with Gasteiger partial charge in [0.1, 0.15) is 16.9 Å². The molecular weight excluding hydrogens is 530 g/mol. The first kappa shape index (κ1) is 24.0. The molecule has 0 aliphatic carbocycles. The molecule has 0 atom stereocenters. The van der Waals surface area contributed by atoms with Gasteiger partial charge >= 0.3 is 0 Å². The monoisotopic (exact) mass is 555 g/mol. The van der Waals surface area contributed by atoms with Gasteiger partial charge in [-0.15, -0.1) is 0 Å². The van der Waals surface area contributed by atoms with Crippen LogP contribution in [-0.2, 0) is 5.41 Å². The summed E-state index contributed by atoms with van der Waals surface area (Å²) >= 11 is 0. The standard InChI is InChI=1S/C37H25N5O/c1-37(2)30-24-15-7-6-14-23(24)29-26-17-10-21-39-35(26)42(32(29)33(30)43-28-19-11-20-38-34(28)37)36-40-27-18-9-8-16-25(27)31(41-36)22-12-4-3-5-13-22/h3-21H,1-2H3. The molecule has 0 bridgehead atoms. The number of aromatic nitrogens is 5. The Morgan fingerprint density at radius 1 is 0.651 bits per heavy atom. The molecule has 0 saturated heterocycles. The van der Waals surface area contributed by atoms with E-state index in [0.717, 1.165) is 77.6 Å². The van der Waals surface area contributed by atoms with Gasteiger partial charge in [-0.3, -0.25) is 9.55 Å². The average molecular weight is 556 g/mol. The maximum absolute atomic E-state index is 6.86. The molecule has 9 rings (SSSR count). The third-order valence-corrected chi connectivity index (χ3v) is 8.67. The molecule has 0 amide bonds. The summed E-state index contributed by atoms with van der Waals surface area (Å²) in [5, 5.41) is 5.36. The Hall–Kier alpha value is -5.62. The van der Waals surface area contributed by atoms with Gasteiger partial charge < -0.3 is 4.74 Å². The van der Waals surface area contributed by atoms with Crippen LogP contribution in [0.5, 0.6) is 11.5 Å². The minimum atomic E-state index is -0.424. The summed E-state index contributed by atoms with van der Waals surface area (Å²) in [6.07, 6.45) is 3.67. The number of benzene rings is 4. The van der Waals surface area contributed by atoms with Crippen LogP contribution in [0.4, 0.5) is 0 Å². The minimum absolute atomic E-state index is 0.424. The van der Waals surface area contributed by atoms with Crippen LogP contribution in [-0.4, -0.2) is 24.5 Å². The van der Waals surface area contributed by atoms with Gasteiger partial charge in [-0.1, -0.05) is 72.8 Å². The van der Waals surface area contributed by atoms with Crippen LogP contribution < -0.4 is 4.74 Å². The highest BCUT2D eigenvalue weighted by Crippen LogP contribution is 2.54. The highest BCUT2D eigenvalue weighted by molar-refractivity contribution is 6.24. The lowest BCUT2D eigenvalue weighted by Gasteiger charge is -2.35. The predicted octanol–water partition coefficient (Wildman–Crippen LogP) is 8.77. The molecule has 1 aliphatic heterocycles. The van der Waals surface area contributed by atoms with E-state index in [1.807, 2.05) is 67.0 Å². The van der Waals surface area contributed by atoms with Crippen molar-refractivity contribution >= 4 is 43.6 Å². The van der Waals surface area contributed by atoms with Gasteiger partial charge in [0.05, 0.1) is 16.9 Å². The van der Waals surface area contributed by atoms with E-state index in [-0.39, 0.29) is 0 Å². The molecule has 4 aromatic carbocycles. The maximum atomic E-state index is 6.86. The van der Waals surface area contributed by atoms with Crippen LogP contribution in [0.3, 0.4) is 0 Å². The van der Waals surface area contributed by atoms with Crippen LogP contribution in [0.1, 0.15) is 25.1 Å². The molecule has 0 spiro atoms. The first-order valence-electron chi connectivity index (χ1n) is 14.4. The van der Waals surface area contributed by atoms with Crippen LogP contribution in [0.2, 0.25) is 0 Å². The summed E-state index contributed by atoms with van der Waals surface area (Å²) in [7, 11) is 0. The summed E-state index contributed by atoms with van der Waals surface area (Å²) < 4.78 is 8.95. The zero-order valence-corrected chi connectivity index (χ0v) is 23.6. The van der Waals surface area contributed by atoms with Crippen molar-refractivity contribution in [3.05, 3.63) is 127 Å². The molecule has 0 fully saturated rings. The van der Waals surface area contributed by atoms with Gasteiger partial charge in [0.25, 0.3) is 0 Å². The number of rotatable bonds is 2. The van der Waals surface area contributed by atoms with Gasteiger partial charge in [0.15, 0.2) is 5.75 Å². The number of ether oxygens (including phenoxy) is 1. The lowest BCUT2D eigenvalue weighted by Crippen LogP contribution is -2.26. The fraction of sp³-hybridized carbons (Fsp3) is 0.0811. The van der Waals surface area contributed by atoms with Crippen molar-refractivity contribution in [1.29, 1.82) is 0 Å². The molecule has 0 unspecified atom stereocenters. The summed E-state index contributed by atoms with van der Waals surface area (Å²) in [6, 6.07) is 35.1. The van der Waals surface area contributed by atoms with E-state index in [1.54, 1.807) is 0 Å². The third-order valence-electron chi connectivity index (χ3n) is 8.67. The zero-order valence-electron chi connectivity index (χ0n) is 23.6. The normalized spacial score (nSPS) is 13.7. The molecule has 0 saturated carbocycles. The lowest BCUT2D eigenvalue weighted by molar-refractivity contribution is 0.415. The Labute approximate surface area is 247 Å². The van der Waals surface area contributed by atoms with Gasteiger partial charge in [0.2, 0.25) is 5.95 Å². The SMILES string of the molecule is CC1(C)c2ncccc2Oc2c1c1ccccc1c1c3cccnc3n(-c3nc(-c4ccccc4)c4ccccc4n3)c21. The number of fused-ring (bicyclic) bond motifs is 10. The van der Waals surface area contributed by atoms with Crippen LogP contribution in [0, 0.1) is 0 Å². The van der Waals surface area contributed by atoms with Crippen molar-refractivity contribution in [3.8, 4) is 28.7 Å². The summed E-state index contributed by atoms with van der Waals surface area (Å²) in [4.78, 5) is 20.1. The molecule has 6 heteroatoms. The number of nitrogens with zero attached hydrogens (tertiary/aromatic N) is 5. The summed E-state index contributed by atoms with van der Waals surface area (Å²) in [6.45, 7) is 4.45. The lowest BCUT2D eigenvalue weighted by atomic mass is 9.75. The number of hydrogen-bond donors (Lipinski definition) is 0. The number of para-hydroxylation sites is 1. The van der Waals surface area contributed by atoms with Gasteiger partial charge in [0, 0.05) is 45.1 Å². The first-order valence-corrected chi connectivity index (χ1v) is 14.4. The van der Waals surface area contributed by atoms with Crippen LogP contribution in [0.15, 0.2) is 116 Å². The highest BCUT2D eigenvalue weighted by atomic mass is 16.5. The molecule has 0 N–H and O–H groups in total. The van der Waals surface area contributed by atoms with Crippen molar-refractivity contribution in [3.63, 3.8) is 0 Å². The fourth-order valence-electron chi connectivity index (χ4n) is 6.83. The molecule has 8 aromatic rings. The molecule has 204 valence electrons. The van der Waals surface area contributed by atoms with Crippen molar-refractivity contribution in [1.82, 2.24) is 24.5 Å². The van der Waals surface area contributed by atoms with Crippen LogP contribution in [0.25, 0.3) is 60.8 Å². The summed E-state index contributed by atoms with van der Waals surface area (Å²) in [5.74, 6) is 2.09. The van der Waals surface area contributed by atoms with Crippen molar-refractivity contribution < 1.29 is 4.74 Å². The maximum Gasteiger partial charge on any atom is 0.237 e. The molecule has 5 heterocycles. The van der Waals surface area contributed by atoms with Crippen molar-refractivity contribution in [2.45, 2.75) is 19.3 Å². The Bertz CT molecular complexity index is 2410. The Balaban J connectivity index is 1.50. The molecule has 1 aliphatic rings. The van der Waals surface area contributed by atoms with E-state index in [4.69, 9.17) is 24.7 Å². The Kier molecular flexibility index (Phi) is 4.86. The van der Waals surface area contributed by atoms with E-state index in [0.29, 0.717) is 5.95 Å².